The van der Waals surface area contributed by atoms with Crippen LogP contribution in [0.1, 0.15) is 0 Å². The molecule has 12 aliphatic carbocycles. The van der Waals surface area contributed by atoms with Gasteiger partial charge in [0.1, 0.15) is 0 Å². The van der Waals surface area contributed by atoms with E-state index >= 15 is 0 Å². The summed E-state index contributed by atoms with van der Waals surface area (Å²) in [4.78, 5) is 1.63. The topological polar surface area (TPSA) is 0 Å². The van der Waals surface area contributed by atoms with E-state index in [1.54, 1.807) is 4.90 Å². The first-order valence-electron chi connectivity index (χ1n) is 12.2. The average molecular weight is 369 g/mol. The zero-order valence-corrected chi connectivity index (χ0v) is 16.1. The molecule has 12 atom stereocenters. The van der Waals surface area contributed by atoms with Gasteiger partial charge < -0.3 is 0 Å². The number of benzene rings is 1. The first-order chi connectivity index (χ1) is 13.4. The largest absolute Gasteiger partial charge is 0.118 e. The minimum Gasteiger partial charge on any atom is -0.118 e. The molecular weight excluding hydrogens is 344 g/mol. The van der Waals surface area contributed by atoms with Crippen molar-refractivity contribution in [3.63, 3.8) is 0 Å². The maximum Gasteiger partial charge on any atom is 0.0308 e. The van der Waals surface area contributed by atoms with Crippen molar-refractivity contribution in [3.8, 4) is 0 Å². The highest BCUT2D eigenvalue weighted by Gasteiger charge is 3.02. The van der Waals surface area contributed by atoms with E-state index in [-0.39, 0.29) is 0 Å². The zero-order chi connectivity index (χ0) is 16.3. The molecule has 1 aromatic rings. The lowest BCUT2D eigenvalue weighted by molar-refractivity contribution is 0.198. The fourth-order valence-electron chi connectivity index (χ4n) is 16.2. The van der Waals surface area contributed by atoms with E-state index in [0.717, 1.165) is 4.75 Å². The molecule has 0 aromatic heterocycles. The van der Waals surface area contributed by atoms with Crippen LogP contribution in [0.4, 0.5) is 0 Å². The second-order valence-corrected chi connectivity index (χ2v) is 14.5. The SMILES string of the molecule is c1ccc(SC23C4C5C6C7C8C9C6C4C4C9C6C8C8C7C5C2C8C6C43)cc1. The van der Waals surface area contributed by atoms with Gasteiger partial charge in [-0.2, -0.15) is 0 Å². The van der Waals surface area contributed by atoms with Crippen molar-refractivity contribution >= 4 is 11.8 Å². The molecule has 0 nitrogen and oxygen atoms in total. The van der Waals surface area contributed by atoms with Crippen LogP contribution in [0.15, 0.2) is 35.2 Å². The highest BCUT2D eigenvalue weighted by Crippen LogP contribution is 3.04. The van der Waals surface area contributed by atoms with Crippen LogP contribution >= 0.6 is 11.8 Å². The van der Waals surface area contributed by atoms with Crippen LogP contribution in [-0.4, -0.2) is 4.75 Å². The highest BCUT2D eigenvalue weighted by molar-refractivity contribution is 8.00. The van der Waals surface area contributed by atoms with Crippen molar-refractivity contribution < 1.29 is 0 Å². The van der Waals surface area contributed by atoms with E-state index in [9.17, 15) is 0 Å². The lowest BCUT2D eigenvalue weighted by Gasteiger charge is -2.39. The smallest absolute Gasteiger partial charge is 0.0308 e. The second kappa shape index (κ2) is 3.01. The Bertz CT molecular complexity index is 884. The molecule has 0 aliphatic heterocycles. The summed E-state index contributed by atoms with van der Waals surface area (Å²) < 4.78 is 0.722. The lowest BCUT2D eigenvalue weighted by atomic mass is 9.77. The minimum absolute atomic E-state index is 0.722. The van der Waals surface area contributed by atoms with E-state index in [2.05, 4.69) is 42.1 Å². The third-order valence-corrected chi connectivity index (χ3v) is 16.1. The monoisotopic (exact) mass is 368 g/mol. The Morgan fingerprint density at radius 3 is 1.15 bits per heavy atom. The van der Waals surface area contributed by atoms with Gasteiger partial charge in [-0.25, -0.2) is 0 Å². The average Bonchev–Trinajstić information content (AvgIpc) is 3.40. The zero-order valence-electron chi connectivity index (χ0n) is 15.3. The molecule has 1 heteroatoms. The fraction of sp³-hybridized carbons (Fsp3) is 0.769. The third kappa shape index (κ3) is 0.740. The Labute approximate surface area is 164 Å². The van der Waals surface area contributed by atoms with Crippen LogP contribution in [0, 0.1) is 112 Å². The Balaban J connectivity index is 1.24. The summed E-state index contributed by atoms with van der Waals surface area (Å²) >= 11 is 2.48. The highest BCUT2D eigenvalue weighted by atomic mass is 32.2. The van der Waals surface area contributed by atoms with Gasteiger partial charge in [-0.3, -0.25) is 0 Å². The maximum absolute atomic E-state index is 2.48. The molecule has 12 aliphatic rings. The molecular formula is C26H24S. The molecule has 13 rings (SSSR count). The molecule has 134 valence electrons. The molecule has 0 saturated heterocycles. The van der Waals surface area contributed by atoms with Gasteiger partial charge in [0.15, 0.2) is 0 Å². The molecule has 0 bridgehead atoms. The summed E-state index contributed by atoms with van der Waals surface area (Å²) in [6, 6.07) is 11.8. The normalized spacial score (nSPS) is 85.7. The summed E-state index contributed by atoms with van der Waals surface area (Å²) in [5.41, 5.74) is 0. The van der Waals surface area contributed by atoms with Gasteiger partial charge in [0.2, 0.25) is 0 Å². The van der Waals surface area contributed by atoms with Crippen LogP contribution in [0.2, 0.25) is 0 Å². The Morgan fingerprint density at radius 1 is 0.444 bits per heavy atom. The van der Waals surface area contributed by atoms with Crippen LogP contribution in [0.5, 0.6) is 0 Å². The van der Waals surface area contributed by atoms with Crippen LogP contribution in [0.25, 0.3) is 0 Å². The van der Waals surface area contributed by atoms with E-state index in [4.69, 9.17) is 0 Å². The fourth-order valence-corrected chi connectivity index (χ4v) is 18.3. The maximum atomic E-state index is 2.48. The van der Waals surface area contributed by atoms with Crippen molar-refractivity contribution in [2.75, 3.05) is 0 Å². The molecule has 0 heterocycles. The van der Waals surface area contributed by atoms with E-state index < -0.39 is 0 Å². The van der Waals surface area contributed by atoms with Gasteiger partial charge in [-0.1, -0.05) is 18.2 Å². The molecule has 12 saturated carbocycles. The van der Waals surface area contributed by atoms with Gasteiger partial charge in [-0.05, 0) is 125 Å². The van der Waals surface area contributed by atoms with Crippen molar-refractivity contribution in [1.82, 2.24) is 0 Å². The van der Waals surface area contributed by atoms with Crippen LogP contribution < -0.4 is 0 Å². The summed E-state index contributed by atoms with van der Waals surface area (Å²) in [5.74, 6) is 23.5. The summed E-state index contributed by atoms with van der Waals surface area (Å²) in [5, 5.41) is 0. The number of rotatable bonds is 2. The number of hydrogen-bond donors (Lipinski definition) is 0. The predicted octanol–water partition coefficient (Wildman–Crippen LogP) is 4.37. The molecule has 0 N–H and O–H groups in total. The predicted molar refractivity (Wildman–Crippen MR) is 101 cm³/mol. The first kappa shape index (κ1) is 12.3. The Hall–Kier alpha value is -0.430. The Kier molecular flexibility index (Phi) is 1.37. The lowest BCUT2D eigenvalue weighted by Crippen LogP contribution is -2.39. The minimum atomic E-state index is 0.722. The van der Waals surface area contributed by atoms with Crippen molar-refractivity contribution in [3.05, 3.63) is 30.3 Å². The van der Waals surface area contributed by atoms with E-state index in [1.807, 2.05) is 0 Å². The van der Waals surface area contributed by atoms with E-state index in [1.165, 1.54) is 112 Å². The standard InChI is InChI=1S/C26H24S/c1-2-4-6(5-3-1)27-26-23-17-11-8-7-9-13(11)19(23)21-15(9)16-10(7)14-12(8)18(17)24(26)20(14)22(16)25(21)26/h1-5,7-25H. The molecule has 0 radical (unpaired) electrons. The van der Waals surface area contributed by atoms with Crippen molar-refractivity contribution in [1.29, 1.82) is 0 Å². The molecule has 12 unspecified atom stereocenters. The van der Waals surface area contributed by atoms with Crippen LogP contribution in [-0.2, 0) is 0 Å². The summed E-state index contributed by atoms with van der Waals surface area (Å²) in [6.07, 6.45) is 0. The number of thioether (sulfide) groups is 1. The third-order valence-electron chi connectivity index (χ3n) is 14.4. The van der Waals surface area contributed by atoms with Gasteiger partial charge in [0.25, 0.3) is 0 Å². The van der Waals surface area contributed by atoms with Gasteiger partial charge in [0.05, 0.1) is 0 Å². The van der Waals surface area contributed by atoms with Crippen molar-refractivity contribution in [2.24, 2.45) is 112 Å². The van der Waals surface area contributed by atoms with Gasteiger partial charge in [-0.15, -0.1) is 11.8 Å². The second-order valence-electron chi connectivity index (χ2n) is 13.1. The van der Waals surface area contributed by atoms with E-state index in [0.29, 0.717) is 0 Å². The molecule has 12 fully saturated rings. The first-order valence-corrected chi connectivity index (χ1v) is 13.0. The molecule has 0 amide bonds. The quantitative estimate of drug-likeness (QED) is 0.747. The molecule has 1 aromatic carbocycles. The van der Waals surface area contributed by atoms with Gasteiger partial charge in [0, 0.05) is 9.64 Å². The van der Waals surface area contributed by atoms with Crippen molar-refractivity contribution in [2.45, 2.75) is 9.64 Å². The number of hydrogen-bond acceptors (Lipinski definition) is 1. The molecule has 0 spiro atoms. The molecule has 27 heavy (non-hydrogen) atoms. The Morgan fingerprint density at radius 2 is 0.778 bits per heavy atom. The van der Waals surface area contributed by atoms with Crippen LogP contribution in [0.3, 0.4) is 0 Å². The summed E-state index contributed by atoms with van der Waals surface area (Å²) in [7, 11) is 0. The summed E-state index contributed by atoms with van der Waals surface area (Å²) in [6.45, 7) is 0. The van der Waals surface area contributed by atoms with Gasteiger partial charge >= 0.3 is 0 Å².